The average molecular weight is 325 g/mol. The molecular formula is C16H14F3NOS. The largest absolute Gasteiger partial charge is 0.352 e. The number of rotatable bonds is 6. The Balaban J connectivity index is 1.83. The quantitative estimate of drug-likeness (QED) is 0.810. The Morgan fingerprint density at radius 2 is 1.68 bits per heavy atom. The molecule has 116 valence electrons. The summed E-state index contributed by atoms with van der Waals surface area (Å²) in [6.45, 7) is 0.415. The summed E-state index contributed by atoms with van der Waals surface area (Å²) in [6.07, 6.45) is 0.589. The smallest absolute Gasteiger partial charge is 0.288 e. The molecule has 0 spiro atoms. The van der Waals surface area contributed by atoms with E-state index in [-0.39, 0.29) is 11.7 Å². The van der Waals surface area contributed by atoms with Gasteiger partial charge in [-0.3, -0.25) is 4.79 Å². The average Bonchev–Trinajstić information content (AvgIpc) is 2.49. The molecule has 0 bridgehead atoms. The van der Waals surface area contributed by atoms with Gasteiger partial charge in [-0.05, 0) is 48.4 Å². The van der Waals surface area contributed by atoms with E-state index in [1.165, 1.54) is 36.4 Å². The molecule has 6 heteroatoms. The maximum absolute atomic E-state index is 12.8. The lowest BCUT2D eigenvalue weighted by molar-refractivity contribution is 0.0954. The SMILES string of the molecule is O=C(NCCc1ccc(F)cc1)c1ccc(SC(F)F)cc1. The summed E-state index contributed by atoms with van der Waals surface area (Å²) in [5, 5.41) is 2.73. The van der Waals surface area contributed by atoms with Crippen LogP contribution in [0.4, 0.5) is 13.2 Å². The number of benzene rings is 2. The van der Waals surface area contributed by atoms with Crippen molar-refractivity contribution in [3.63, 3.8) is 0 Å². The van der Waals surface area contributed by atoms with Gasteiger partial charge in [0, 0.05) is 17.0 Å². The third-order valence-corrected chi connectivity index (χ3v) is 3.68. The molecule has 2 aromatic rings. The van der Waals surface area contributed by atoms with Crippen molar-refractivity contribution in [3.8, 4) is 0 Å². The predicted octanol–water partition coefficient (Wildman–Crippen LogP) is 4.11. The van der Waals surface area contributed by atoms with Crippen molar-refractivity contribution in [3.05, 3.63) is 65.5 Å². The standard InChI is InChI=1S/C16H14F3NOS/c17-13-5-1-11(2-6-13)9-10-20-15(21)12-3-7-14(8-4-12)22-16(18)19/h1-8,16H,9-10H2,(H,20,21). The van der Waals surface area contributed by atoms with Crippen LogP contribution in [0.3, 0.4) is 0 Å². The van der Waals surface area contributed by atoms with Gasteiger partial charge in [-0.1, -0.05) is 23.9 Å². The molecule has 1 amide bonds. The van der Waals surface area contributed by atoms with Crippen LogP contribution in [0.2, 0.25) is 0 Å². The summed E-state index contributed by atoms with van der Waals surface area (Å²) >= 11 is 0.439. The van der Waals surface area contributed by atoms with E-state index in [0.29, 0.717) is 35.2 Å². The van der Waals surface area contributed by atoms with E-state index in [1.807, 2.05) is 0 Å². The fourth-order valence-electron chi connectivity index (χ4n) is 1.86. The number of amides is 1. The van der Waals surface area contributed by atoms with Crippen LogP contribution in [0.5, 0.6) is 0 Å². The van der Waals surface area contributed by atoms with Crippen molar-refractivity contribution in [2.75, 3.05) is 6.54 Å². The van der Waals surface area contributed by atoms with Gasteiger partial charge in [0.1, 0.15) is 5.82 Å². The molecule has 0 saturated heterocycles. The lowest BCUT2D eigenvalue weighted by Crippen LogP contribution is -2.25. The number of alkyl halides is 2. The highest BCUT2D eigenvalue weighted by atomic mass is 32.2. The normalized spacial score (nSPS) is 10.7. The zero-order valence-electron chi connectivity index (χ0n) is 11.6. The van der Waals surface area contributed by atoms with E-state index in [9.17, 15) is 18.0 Å². The molecule has 0 unspecified atom stereocenters. The first-order valence-electron chi connectivity index (χ1n) is 6.62. The van der Waals surface area contributed by atoms with Gasteiger partial charge in [0.2, 0.25) is 0 Å². The summed E-state index contributed by atoms with van der Waals surface area (Å²) in [5.74, 6) is -3.04. The molecule has 2 rings (SSSR count). The highest BCUT2D eigenvalue weighted by Crippen LogP contribution is 2.25. The number of carbonyl (C=O) groups excluding carboxylic acids is 1. The first kappa shape index (κ1) is 16.4. The highest BCUT2D eigenvalue weighted by Gasteiger charge is 2.08. The number of halogens is 3. The van der Waals surface area contributed by atoms with E-state index in [2.05, 4.69) is 5.32 Å². The molecule has 0 heterocycles. The van der Waals surface area contributed by atoms with Crippen LogP contribution in [0.15, 0.2) is 53.4 Å². The van der Waals surface area contributed by atoms with Gasteiger partial charge in [0.15, 0.2) is 0 Å². The molecule has 1 N–H and O–H groups in total. The van der Waals surface area contributed by atoms with Crippen molar-refractivity contribution < 1.29 is 18.0 Å². The molecule has 0 aliphatic carbocycles. The van der Waals surface area contributed by atoms with Crippen molar-refractivity contribution in [2.24, 2.45) is 0 Å². The van der Waals surface area contributed by atoms with Crippen molar-refractivity contribution in [1.82, 2.24) is 5.32 Å². The lowest BCUT2D eigenvalue weighted by Gasteiger charge is -2.06. The second-order valence-electron chi connectivity index (χ2n) is 4.54. The Morgan fingerprint density at radius 3 is 2.27 bits per heavy atom. The summed E-state index contributed by atoms with van der Waals surface area (Å²) in [6, 6.07) is 12.1. The molecule has 0 radical (unpaired) electrons. The second-order valence-corrected chi connectivity index (χ2v) is 5.60. The predicted molar refractivity (Wildman–Crippen MR) is 80.7 cm³/mol. The molecule has 0 saturated carbocycles. The number of carbonyl (C=O) groups is 1. The van der Waals surface area contributed by atoms with Crippen LogP contribution in [0, 0.1) is 5.82 Å². The van der Waals surface area contributed by atoms with E-state index in [0.717, 1.165) is 5.56 Å². The fourth-order valence-corrected chi connectivity index (χ4v) is 2.36. The summed E-state index contributed by atoms with van der Waals surface area (Å²) in [4.78, 5) is 12.3. The molecule has 22 heavy (non-hydrogen) atoms. The monoisotopic (exact) mass is 325 g/mol. The van der Waals surface area contributed by atoms with Crippen LogP contribution < -0.4 is 5.32 Å². The molecule has 0 atom stereocenters. The van der Waals surface area contributed by atoms with Gasteiger partial charge in [-0.2, -0.15) is 8.78 Å². The van der Waals surface area contributed by atoms with Crippen LogP contribution >= 0.6 is 11.8 Å². The van der Waals surface area contributed by atoms with Crippen molar-refractivity contribution >= 4 is 17.7 Å². The number of hydrogen-bond acceptors (Lipinski definition) is 2. The third kappa shape index (κ3) is 5.11. The summed E-state index contributed by atoms with van der Waals surface area (Å²) in [5.41, 5.74) is 1.34. The first-order chi connectivity index (χ1) is 10.5. The minimum absolute atomic E-state index is 0.268. The second kappa shape index (κ2) is 7.89. The Hall–Kier alpha value is -1.95. The molecule has 0 aliphatic heterocycles. The Kier molecular flexibility index (Phi) is 5.89. The Bertz CT molecular complexity index is 614. The molecule has 2 aromatic carbocycles. The zero-order chi connectivity index (χ0) is 15.9. The van der Waals surface area contributed by atoms with Gasteiger partial charge in [-0.25, -0.2) is 4.39 Å². The van der Waals surface area contributed by atoms with Crippen LogP contribution in [-0.4, -0.2) is 18.2 Å². The maximum atomic E-state index is 12.8. The topological polar surface area (TPSA) is 29.1 Å². The minimum Gasteiger partial charge on any atom is -0.352 e. The number of hydrogen-bond donors (Lipinski definition) is 1. The Morgan fingerprint density at radius 1 is 1.05 bits per heavy atom. The fraction of sp³-hybridized carbons (Fsp3) is 0.188. The van der Waals surface area contributed by atoms with Gasteiger partial charge in [0.05, 0.1) is 0 Å². The van der Waals surface area contributed by atoms with Gasteiger partial charge in [-0.15, -0.1) is 0 Å². The van der Waals surface area contributed by atoms with Crippen LogP contribution in [0.1, 0.15) is 15.9 Å². The third-order valence-electron chi connectivity index (χ3n) is 2.95. The van der Waals surface area contributed by atoms with E-state index < -0.39 is 5.76 Å². The van der Waals surface area contributed by atoms with E-state index in [1.54, 1.807) is 12.1 Å². The van der Waals surface area contributed by atoms with Gasteiger partial charge in [0.25, 0.3) is 11.7 Å². The highest BCUT2D eigenvalue weighted by molar-refractivity contribution is 7.99. The lowest BCUT2D eigenvalue weighted by atomic mass is 10.1. The van der Waals surface area contributed by atoms with Crippen molar-refractivity contribution in [1.29, 1.82) is 0 Å². The molecule has 0 aromatic heterocycles. The van der Waals surface area contributed by atoms with E-state index >= 15 is 0 Å². The number of thioether (sulfide) groups is 1. The van der Waals surface area contributed by atoms with Gasteiger partial charge < -0.3 is 5.32 Å². The maximum Gasteiger partial charge on any atom is 0.288 e. The molecule has 0 fully saturated rings. The minimum atomic E-state index is -2.48. The molecule has 0 aliphatic rings. The first-order valence-corrected chi connectivity index (χ1v) is 7.50. The van der Waals surface area contributed by atoms with Crippen LogP contribution in [-0.2, 0) is 6.42 Å². The van der Waals surface area contributed by atoms with Crippen molar-refractivity contribution in [2.45, 2.75) is 17.1 Å². The van der Waals surface area contributed by atoms with Gasteiger partial charge >= 0.3 is 0 Å². The van der Waals surface area contributed by atoms with E-state index in [4.69, 9.17) is 0 Å². The summed E-state index contributed by atoms with van der Waals surface area (Å²) < 4.78 is 37.1. The summed E-state index contributed by atoms with van der Waals surface area (Å²) in [7, 11) is 0. The zero-order valence-corrected chi connectivity index (χ0v) is 12.4. The number of nitrogens with one attached hydrogen (secondary N) is 1. The molecule has 2 nitrogen and oxygen atoms in total. The van der Waals surface area contributed by atoms with Crippen LogP contribution in [0.25, 0.3) is 0 Å². The molecular weight excluding hydrogens is 311 g/mol. The Labute approximate surface area is 130 Å².